The van der Waals surface area contributed by atoms with Crippen molar-refractivity contribution in [3.05, 3.63) is 53.6 Å². The zero-order valence-electron chi connectivity index (χ0n) is 15.6. The van der Waals surface area contributed by atoms with Crippen LogP contribution in [0.2, 0.25) is 0 Å². The number of hydrogen-bond donors (Lipinski definition) is 1. The molecule has 0 aromatic heterocycles. The van der Waals surface area contributed by atoms with E-state index in [-0.39, 0.29) is 5.57 Å². The highest BCUT2D eigenvalue weighted by atomic mass is 16.5. The second-order valence-corrected chi connectivity index (χ2v) is 5.61. The van der Waals surface area contributed by atoms with Crippen LogP contribution < -0.4 is 19.5 Å². The number of rotatable bonds is 8. The van der Waals surface area contributed by atoms with E-state index >= 15 is 0 Å². The molecule has 2 aromatic carbocycles. The van der Waals surface area contributed by atoms with Crippen LogP contribution in [0.4, 0.5) is 5.69 Å². The van der Waals surface area contributed by atoms with E-state index in [0.717, 1.165) is 6.42 Å². The van der Waals surface area contributed by atoms with E-state index in [4.69, 9.17) is 14.2 Å². The molecular formula is C21H22N2O4. The second kappa shape index (κ2) is 9.88. The molecule has 140 valence electrons. The average Bonchev–Trinajstić information content (AvgIpc) is 2.71. The fourth-order valence-electron chi connectivity index (χ4n) is 2.29. The van der Waals surface area contributed by atoms with Gasteiger partial charge in [-0.15, -0.1) is 0 Å². The molecule has 0 fully saturated rings. The molecule has 1 N–H and O–H groups in total. The Morgan fingerprint density at radius 3 is 2.44 bits per heavy atom. The molecule has 0 unspecified atom stereocenters. The standard InChI is InChI=1S/C21H22N2O4/c1-4-11-27-19-10-5-15(13-20(19)26-3)12-16(14-22)21(24)23-17-6-8-18(25-2)9-7-17/h5-10,12-13H,4,11H2,1-3H3,(H,23,24)/b16-12+. The largest absolute Gasteiger partial charge is 0.497 e. The number of nitrogens with one attached hydrogen (secondary N) is 1. The summed E-state index contributed by atoms with van der Waals surface area (Å²) in [6, 6.07) is 14.0. The molecule has 1 amide bonds. The minimum absolute atomic E-state index is 0.0184. The van der Waals surface area contributed by atoms with Crippen LogP contribution in [-0.4, -0.2) is 26.7 Å². The van der Waals surface area contributed by atoms with Crippen molar-refractivity contribution in [1.29, 1.82) is 5.26 Å². The van der Waals surface area contributed by atoms with Crippen molar-refractivity contribution in [1.82, 2.24) is 0 Å². The smallest absolute Gasteiger partial charge is 0.266 e. The van der Waals surface area contributed by atoms with Crippen molar-refractivity contribution in [3.8, 4) is 23.3 Å². The Morgan fingerprint density at radius 1 is 1.11 bits per heavy atom. The van der Waals surface area contributed by atoms with Crippen LogP contribution in [0.3, 0.4) is 0 Å². The normalized spacial score (nSPS) is 10.7. The van der Waals surface area contributed by atoms with Gasteiger partial charge in [0.1, 0.15) is 17.4 Å². The molecule has 6 heteroatoms. The highest BCUT2D eigenvalue weighted by Crippen LogP contribution is 2.29. The SMILES string of the molecule is CCCOc1ccc(/C=C(\C#N)C(=O)Nc2ccc(OC)cc2)cc1OC. The number of carbonyl (C=O) groups is 1. The summed E-state index contributed by atoms with van der Waals surface area (Å²) in [4.78, 5) is 12.4. The number of anilines is 1. The van der Waals surface area contributed by atoms with E-state index in [2.05, 4.69) is 5.32 Å². The van der Waals surface area contributed by atoms with Gasteiger partial charge in [-0.1, -0.05) is 13.0 Å². The molecule has 0 radical (unpaired) electrons. The van der Waals surface area contributed by atoms with E-state index < -0.39 is 5.91 Å². The summed E-state index contributed by atoms with van der Waals surface area (Å²) in [5, 5.41) is 12.1. The number of nitrogens with zero attached hydrogens (tertiary/aromatic N) is 1. The van der Waals surface area contributed by atoms with E-state index in [1.165, 1.54) is 6.08 Å². The number of carbonyl (C=O) groups excluding carboxylic acids is 1. The van der Waals surface area contributed by atoms with Gasteiger partial charge in [-0.25, -0.2) is 0 Å². The van der Waals surface area contributed by atoms with Crippen LogP contribution in [0, 0.1) is 11.3 Å². The molecule has 0 aliphatic rings. The Bertz CT molecular complexity index is 851. The van der Waals surface area contributed by atoms with Crippen LogP contribution in [0.1, 0.15) is 18.9 Å². The van der Waals surface area contributed by atoms with Gasteiger partial charge in [0.25, 0.3) is 5.91 Å². The van der Waals surface area contributed by atoms with E-state index in [1.54, 1.807) is 56.7 Å². The maximum absolute atomic E-state index is 12.4. The number of hydrogen-bond acceptors (Lipinski definition) is 5. The Balaban J connectivity index is 2.18. The molecule has 0 saturated carbocycles. The quantitative estimate of drug-likeness (QED) is 0.563. The van der Waals surface area contributed by atoms with Gasteiger partial charge in [-0.3, -0.25) is 4.79 Å². The van der Waals surface area contributed by atoms with E-state index in [1.807, 2.05) is 13.0 Å². The number of nitriles is 1. The fraction of sp³-hybridized carbons (Fsp3) is 0.238. The first kappa shape index (κ1) is 19.9. The van der Waals surface area contributed by atoms with E-state index in [0.29, 0.717) is 35.1 Å². The topological polar surface area (TPSA) is 80.6 Å². The van der Waals surface area contributed by atoms with Crippen molar-refractivity contribution in [2.24, 2.45) is 0 Å². The molecule has 0 heterocycles. The number of benzene rings is 2. The van der Waals surface area contributed by atoms with Crippen molar-refractivity contribution >= 4 is 17.7 Å². The van der Waals surface area contributed by atoms with Crippen LogP contribution in [0.15, 0.2) is 48.0 Å². The number of methoxy groups -OCH3 is 2. The zero-order valence-corrected chi connectivity index (χ0v) is 15.6. The van der Waals surface area contributed by atoms with Gasteiger partial charge in [-0.05, 0) is 54.5 Å². The number of amides is 1. The van der Waals surface area contributed by atoms with Gasteiger partial charge in [0, 0.05) is 5.69 Å². The molecule has 0 saturated heterocycles. The molecule has 0 aliphatic heterocycles. The minimum atomic E-state index is -0.493. The average molecular weight is 366 g/mol. The predicted molar refractivity (Wildman–Crippen MR) is 104 cm³/mol. The zero-order chi connectivity index (χ0) is 19.6. The summed E-state index contributed by atoms with van der Waals surface area (Å²) >= 11 is 0. The first-order valence-corrected chi connectivity index (χ1v) is 8.49. The van der Waals surface area contributed by atoms with Crippen LogP contribution in [0.25, 0.3) is 6.08 Å². The van der Waals surface area contributed by atoms with Gasteiger partial charge in [-0.2, -0.15) is 5.26 Å². The van der Waals surface area contributed by atoms with Gasteiger partial charge >= 0.3 is 0 Å². The fourth-order valence-corrected chi connectivity index (χ4v) is 2.29. The van der Waals surface area contributed by atoms with Gasteiger partial charge in [0.15, 0.2) is 11.5 Å². The third kappa shape index (κ3) is 5.51. The molecule has 6 nitrogen and oxygen atoms in total. The maximum atomic E-state index is 12.4. The first-order chi connectivity index (χ1) is 13.1. The van der Waals surface area contributed by atoms with Gasteiger partial charge in [0.2, 0.25) is 0 Å². The highest BCUT2D eigenvalue weighted by Gasteiger charge is 2.11. The molecule has 2 aromatic rings. The van der Waals surface area contributed by atoms with Crippen molar-refractivity contribution < 1.29 is 19.0 Å². The van der Waals surface area contributed by atoms with Gasteiger partial charge < -0.3 is 19.5 Å². The maximum Gasteiger partial charge on any atom is 0.266 e. The predicted octanol–water partition coefficient (Wildman–Crippen LogP) is 4.04. The summed E-state index contributed by atoms with van der Waals surface area (Å²) in [6.07, 6.45) is 2.39. The Kier molecular flexibility index (Phi) is 7.26. The highest BCUT2D eigenvalue weighted by molar-refractivity contribution is 6.09. The van der Waals surface area contributed by atoms with Gasteiger partial charge in [0.05, 0.1) is 20.8 Å². The lowest BCUT2D eigenvalue weighted by molar-refractivity contribution is -0.112. The summed E-state index contributed by atoms with van der Waals surface area (Å²) < 4.78 is 16.0. The Hall–Kier alpha value is -3.46. The van der Waals surface area contributed by atoms with E-state index in [9.17, 15) is 10.1 Å². The minimum Gasteiger partial charge on any atom is -0.497 e. The Labute approximate surface area is 159 Å². The first-order valence-electron chi connectivity index (χ1n) is 8.49. The summed E-state index contributed by atoms with van der Waals surface area (Å²) in [5.41, 5.74) is 1.22. The molecule has 0 spiro atoms. The lowest BCUT2D eigenvalue weighted by Gasteiger charge is -2.10. The third-order valence-corrected chi connectivity index (χ3v) is 3.67. The molecule has 2 rings (SSSR count). The molecule has 0 aliphatic carbocycles. The summed E-state index contributed by atoms with van der Waals surface area (Å²) in [7, 11) is 3.11. The number of ether oxygens (including phenoxy) is 3. The van der Waals surface area contributed by atoms with Crippen LogP contribution in [0.5, 0.6) is 17.2 Å². The van der Waals surface area contributed by atoms with Crippen molar-refractivity contribution in [2.75, 3.05) is 26.1 Å². The van der Waals surface area contributed by atoms with Crippen molar-refractivity contribution in [3.63, 3.8) is 0 Å². The molecule has 0 atom stereocenters. The van der Waals surface area contributed by atoms with Crippen LogP contribution in [-0.2, 0) is 4.79 Å². The summed E-state index contributed by atoms with van der Waals surface area (Å²) in [5.74, 6) is 1.36. The lowest BCUT2D eigenvalue weighted by Crippen LogP contribution is -2.13. The molecule has 0 bridgehead atoms. The van der Waals surface area contributed by atoms with Crippen molar-refractivity contribution in [2.45, 2.75) is 13.3 Å². The molecular weight excluding hydrogens is 344 g/mol. The monoisotopic (exact) mass is 366 g/mol. The second-order valence-electron chi connectivity index (χ2n) is 5.61. The Morgan fingerprint density at radius 2 is 1.85 bits per heavy atom. The summed E-state index contributed by atoms with van der Waals surface area (Å²) in [6.45, 7) is 2.60. The van der Waals surface area contributed by atoms with Crippen LogP contribution >= 0.6 is 0 Å². The third-order valence-electron chi connectivity index (χ3n) is 3.67. The molecule has 27 heavy (non-hydrogen) atoms. The lowest BCUT2D eigenvalue weighted by atomic mass is 10.1.